The quantitative estimate of drug-likeness (QED) is 0.750. The molecule has 1 aromatic carbocycles. The van der Waals surface area contributed by atoms with E-state index < -0.39 is 12.7 Å². The Morgan fingerprint density at radius 2 is 2.00 bits per heavy atom. The summed E-state index contributed by atoms with van der Waals surface area (Å²) in [7, 11) is 0. The van der Waals surface area contributed by atoms with Crippen LogP contribution in [0.4, 0.5) is 8.78 Å². The topological polar surface area (TPSA) is 82.5 Å². The molecule has 1 heterocycles. The number of hydrogen-bond acceptors (Lipinski definition) is 5. The van der Waals surface area contributed by atoms with Crippen LogP contribution in [-0.2, 0) is 6.54 Å². The van der Waals surface area contributed by atoms with Crippen LogP contribution in [-0.4, -0.2) is 40.3 Å². The molecular formula is C18H23F2N3O3. The molecule has 142 valence electrons. The van der Waals surface area contributed by atoms with Crippen molar-refractivity contribution in [3.63, 3.8) is 0 Å². The van der Waals surface area contributed by atoms with Crippen molar-refractivity contribution >= 4 is 0 Å². The Balaban J connectivity index is 1.82. The zero-order chi connectivity index (χ0) is 18.5. The number of aliphatic hydroxyl groups excluding tert-OH is 1. The van der Waals surface area contributed by atoms with Crippen LogP contribution in [0.1, 0.15) is 25.7 Å². The average molecular weight is 367 g/mol. The molecule has 1 saturated carbocycles. The standard InChI is InChI=1S/C18H23F2N3O3/c19-18(20)26-16-6-5-12(9-17(16)25-14-3-1-2-4-14)15-7-8-23(22-15)11-13(24)10-21/h5-9,13-14,18,24H,1-4,10-11,21H2. The van der Waals surface area contributed by atoms with Crippen molar-refractivity contribution in [1.82, 2.24) is 9.78 Å². The molecule has 1 atom stereocenters. The maximum Gasteiger partial charge on any atom is 0.387 e. The van der Waals surface area contributed by atoms with E-state index in [0.717, 1.165) is 31.2 Å². The fourth-order valence-electron chi connectivity index (χ4n) is 3.05. The van der Waals surface area contributed by atoms with Crippen LogP contribution in [0.25, 0.3) is 11.3 Å². The molecule has 0 spiro atoms. The van der Waals surface area contributed by atoms with Gasteiger partial charge in [0.25, 0.3) is 0 Å². The van der Waals surface area contributed by atoms with Gasteiger partial charge in [0.2, 0.25) is 0 Å². The Labute approximate surface area is 150 Å². The molecule has 0 bridgehead atoms. The van der Waals surface area contributed by atoms with E-state index in [2.05, 4.69) is 9.84 Å². The normalized spacial score (nSPS) is 16.2. The predicted molar refractivity (Wildman–Crippen MR) is 92.2 cm³/mol. The van der Waals surface area contributed by atoms with E-state index in [1.807, 2.05) is 0 Å². The summed E-state index contributed by atoms with van der Waals surface area (Å²) in [4.78, 5) is 0. The van der Waals surface area contributed by atoms with Crippen molar-refractivity contribution in [2.24, 2.45) is 5.73 Å². The molecule has 6 nitrogen and oxygen atoms in total. The third kappa shape index (κ3) is 4.70. The molecule has 2 aromatic rings. The predicted octanol–water partition coefficient (Wildman–Crippen LogP) is 2.79. The molecule has 0 saturated heterocycles. The molecule has 26 heavy (non-hydrogen) atoms. The minimum Gasteiger partial charge on any atom is -0.487 e. The molecule has 1 aliphatic rings. The summed E-state index contributed by atoms with van der Waals surface area (Å²) in [6.07, 6.45) is 5.03. The van der Waals surface area contributed by atoms with Crippen molar-refractivity contribution in [3.05, 3.63) is 30.5 Å². The number of halogens is 2. The number of aliphatic hydroxyl groups is 1. The molecule has 8 heteroatoms. The second kappa shape index (κ2) is 8.46. The first-order valence-electron chi connectivity index (χ1n) is 8.72. The van der Waals surface area contributed by atoms with Crippen LogP contribution in [0.2, 0.25) is 0 Å². The number of rotatable bonds is 8. The van der Waals surface area contributed by atoms with E-state index >= 15 is 0 Å². The largest absolute Gasteiger partial charge is 0.487 e. The number of aromatic nitrogens is 2. The van der Waals surface area contributed by atoms with Crippen molar-refractivity contribution < 1.29 is 23.4 Å². The average Bonchev–Trinajstić information content (AvgIpc) is 3.28. The minimum atomic E-state index is -2.91. The van der Waals surface area contributed by atoms with Gasteiger partial charge < -0.3 is 20.3 Å². The summed E-state index contributed by atoms with van der Waals surface area (Å²) in [6, 6.07) is 6.58. The van der Waals surface area contributed by atoms with Crippen molar-refractivity contribution in [2.75, 3.05) is 6.54 Å². The van der Waals surface area contributed by atoms with Gasteiger partial charge in [0.15, 0.2) is 11.5 Å². The monoisotopic (exact) mass is 367 g/mol. The summed E-state index contributed by atoms with van der Waals surface area (Å²) >= 11 is 0. The molecule has 0 radical (unpaired) electrons. The first-order valence-corrected chi connectivity index (χ1v) is 8.72. The van der Waals surface area contributed by atoms with E-state index in [-0.39, 0.29) is 24.9 Å². The van der Waals surface area contributed by atoms with Crippen LogP contribution < -0.4 is 15.2 Å². The van der Waals surface area contributed by atoms with E-state index in [4.69, 9.17) is 10.5 Å². The Bertz CT molecular complexity index is 717. The summed E-state index contributed by atoms with van der Waals surface area (Å²) < 4.78 is 37.4. The third-order valence-electron chi connectivity index (χ3n) is 4.36. The van der Waals surface area contributed by atoms with Crippen molar-refractivity contribution in [3.8, 4) is 22.8 Å². The molecular weight excluding hydrogens is 344 g/mol. The summed E-state index contributed by atoms with van der Waals surface area (Å²) in [5.74, 6) is 0.319. The number of alkyl halides is 2. The Morgan fingerprint density at radius 1 is 1.23 bits per heavy atom. The zero-order valence-corrected chi connectivity index (χ0v) is 14.4. The van der Waals surface area contributed by atoms with E-state index in [1.165, 1.54) is 6.07 Å². The minimum absolute atomic E-state index is 0.0162. The van der Waals surface area contributed by atoms with Gasteiger partial charge in [-0.05, 0) is 49.9 Å². The Morgan fingerprint density at radius 3 is 2.69 bits per heavy atom. The van der Waals surface area contributed by atoms with Crippen LogP contribution >= 0.6 is 0 Å². The number of ether oxygens (including phenoxy) is 2. The third-order valence-corrected chi connectivity index (χ3v) is 4.36. The molecule has 3 rings (SSSR count). The maximum atomic E-state index is 12.7. The fraction of sp³-hybridized carbons (Fsp3) is 0.500. The van der Waals surface area contributed by atoms with Gasteiger partial charge in [-0.3, -0.25) is 4.68 Å². The molecule has 0 aliphatic heterocycles. The first-order chi connectivity index (χ1) is 12.5. The molecule has 3 N–H and O–H groups in total. The van der Waals surface area contributed by atoms with Crippen molar-refractivity contribution in [1.29, 1.82) is 0 Å². The summed E-state index contributed by atoms with van der Waals surface area (Å²) in [5, 5.41) is 14.0. The smallest absolute Gasteiger partial charge is 0.387 e. The maximum absolute atomic E-state index is 12.7. The van der Waals surface area contributed by atoms with Crippen LogP contribution in [0.3, 0.4) is 0 Å². The highest BCUT2D eigenvalue weighted by molar-refractivity contribution is 5.63. The van der Waals surface area contributed by atoms with E-state index in [0.29, 0.717) is 11.4 Å². The van der Waals surface area contributed by atoms with Crippen LogP contribution in [0.15, 0.2) is 30.5 Å². The Hall–Kier alpha value is -2.19. The van der Waals surface area contributed by atoms with Gasteiger partial charge in [-0.2, -0.15) is 13.9 Å². The van der Waals surface area contributed by atoms with E-state index in [1.54, 1.807) is 29.1 Å². The van der Waals surface area contributed by atoms with Gasteiger partial charge in [-0.1, -0.05) is 0 Å². The first kappa shape index (κ1) is 18.6. The van der Waals surface area contributed by atoms with Gasteiger partial charge in [-0.15, -0.1) is 0 Å². The molecule has 1 aliphatic carbocycles. The SMILES string of the molecule is NCC(O)Cn1ccc(-c2ccc(OC(F)F)c(OC3CCCC3)c2)n1. The second-order valence-corrected chi connectivity index (χ2v) is 6.38. The zero-order valence-electron chi connectivity index (χ0n) is 14.4. The lowest BCUT2D eigenvalue weighted by molar-refractivity contribution is -0.0520. The van der Waals surface area contributed by atoms with Gasteiger partial charge in [0, 0.05) is 18.3 Å². The molecule has 1 aromatic heterocycles. The number of benzene rings is 1. The summed E-state index contributed by atoms with van der Waals surface area (Å²) in [6.45, 7) is -2.48. The van der Waals surface area contributed by atoms with Crippen LogP contribution in [0.5, 0.6) is 11.5 Å². The Kier molecular flexibility index (Phi) is 6.05. The van der Waals surface area contributed by atoms with Gasteiger partial charge >= 0.3 is 6.61 Å². The van der Waals surface area contributed by atoms with Gasteiger partial charge in [-0.25, -0.2) is 0 Å². The number of nitrogens with zero attached hydrogens (tertiary/aromatic N) is 2. The van der Waals surface area contributed by atoms with Crippen molar-refractivity contribution in [2.45, 2.75) is 51.0 Å². The lowest BCUT2D eigenvalue weighted by atomic mass is 10.1. The highest BCUT2D eigenvalue weighted by atomic mass is 19.3. The van der Waals surface area contributed by atoms with Gasteiger partial charge in [0.05, 0.1) is 24.4 Å². The molecule has 0 amide bonds. The molecule has 1 fully saturated rings. The lowest BCUT2D eigenvalue weighted by Crippen LogP contribution is -2.25. The number of hydrogen-bond donors (Lipinski definition) is 2. The number of nitrogens with two attached hydrogens (primary N) is 1. The highest BCUT2D eigenvalue weighted by Crippen LogP contribution is 2.36. The van der Waals surface area contributed by atoms with E-state index in [9.17, 15) is 13.9 Å². The lowest BCUT2D eigenvalue weighted by Gasteiger charge is -2.17. The fourth-order valence-corrected chi connectivity index (χ4v) is 3.05. The van der Waals surface area contributed by atoms with Crippen LogP contribution in [0, 0.1) is 0 Å². The molecule has 1 unspecified atom stereocenters. The second-order valence-electron chi connectivity index (χ2n) is 6.38. The van der Waals surface area contributed by atoms with Gasteiger partial charge in [0.1, 0.15) is 0 Å². The highest BCUT2D eigenvalue weighted by Gasteiger charge is 2.20. The summed E-state index contributed by atoms with van der Waals surface area (Å²) in [5.41, 5.74) is 6.78.